The zero-order chi connectivity index (χ0) is 18.4. The van der Waals surface area contributed by atoms with Gasteiger partial charge in [0, 0.05) is 12.1 Å². The van der Waals surface area contributed by atoms with E-state index in [1.54, 1.807) is 13.2 Å². The number of benzene rings is 2. The van der Waals surface area contributed by atoms with E-state index in [9.17, 15) is 0 Å². The molecule has 0 spiro atoms. The molecule has 3 rings (SSSR count). The first-order chi connectivity index (χ1) is 12.7. The molecule has 3 aromatic rings. The van der Waals surface area contributed by atoms with Crippen LogP contribution in [0.3, 0.4) is 0 Å². The highest BCUT2D eigenvalue weighted by Gasteiger charge is 2.11. The Kier molecular flexibility index (Phi) is 6.09. The largest absolute Gasteiger partial charge is 0.497 e. The van der Waals surface area contributed by atoms with Crippen LogP contribution in [0, 0.1) is 0 Å². The minimum Gasteiger partial charge on any atom is -0.497 e. The number of hydrogen-bond donors (Lipinski definition) is 0. The molecule has 0 saturated carbocycles. The van der Waals surface area contributed by atoms with Crippen molar-refractivity contribution < 1.29 is 14.0 Å². The number of rotatable bonds is 8. The zero-order valence-corrected chi connectivity index (χ0v) is 15.4. The summed E-state index contributed by atoms with van der Waals surface area (Å²) in [4.78, 5) is 6.48. The van der Waals surface area contributed by atoms with E-state index in [0.717, 1.165) is 11.3 Å². The third kappa shape index (κ3) is 4.74. The summed E-state index contributed by atoms with van der Waals surface area (Å²) in [6.07, 6.45) is 0. The molecule has 0 saturated heterocycles. The van der Waals surface area contributed by atoms with E-state index in [1.165, 1.54) is 0 Å². The molecule has 0 atom stereocenters. The van der Waals surface area contributed by atoms with E-state index in [2.05, 4.69) is 10.1 Å². The Balaban J connectivity index is 1.51. The van der Waals surface area contributed by atoms with Gasteiger partial charge in [-0.25, -0.2) is 0 Å². The molecule has 1 heterocycles. The van der Waals surface area contributed by atoms with Gasteiger partial charge in [-0.2, -0.15) is 4.98 Å². The van der Waals surface area contributed by atoms with Crippen molar-refractivity contribution in [3.63, 3.8) is 0 Å². The number of halogens is 1. The van der Waals surface area contributed by atoms with E-state index in [4.69, 9.17) is 25.6 Å². The topological polar surface area (TPSA) is 60.6 Å². The van der Waals surface area contributed by atoms with Crippen LogP contribution in [-0.4, -0.2) is 42.3 Å². The highest BCUT2D eigenvalue weighted by molar-refractivity contribution is 6.32. The lowest BCUT2D eigenvalue weighted by molar-refractivity contribution is 0.213. The number of nitrogens with zero attached hydrogens (tertiary/aromatic N) is 3. The molecule has 0 radical (unpaired) electrons. The van der Waals surface area contributed by atoms with Gasteiger partial charge in [-0.05, 0) is 43.4 Å². The van der Waals surface area contributed by atoms with Crippen LogP contribution in [0.15, 0.2) is 53.1 Å². The van der Waals surface area contributed by atoms with E-state index < -0.39 is 0 Å². The second-order valence-corrected chi connectivity index (χ2v) is 6.16. The van der Waals surface area contributed by atoms with Crippen LogP contribution < -0.4 is 9.47 Å². The minimum atomic E-state index is 0.514. The summed E-state index contributed by atoms with van der Waals surface area (Å²) >= 11 is 6.07. The fraction of sp³-hybridized carbons (Fsp3) is 0.263. The van der Waals surface area contributed by atoms with Crippen molar-refractivity contribution in [1.82, 2.24) is 15.0 Å². The van der Waals surface area contributed by atoms with E-state index in [1.807, 2.05) is 54.4 Å². The summed E-state index contributed by atoms with van der Waals surface area (Å²) in [5.41, 5.74) is 0.880. The molecular formula is C19H20ClN3O3. The zero-order valence-electron chi connectivity index (χ0n) is 14.7. The third-order valence-corrected chi connectivity index (χ3v) is 4.10. The van der Waals surface area contributed by atoms with Gasteiger partial charge in [0.2, 0.25) is 11.7 Å². The SMILES string of the molecule is COc1ccc(-c2noc(CN(C)CCOc3ccccc3Cl)n2)cc1. The van der Waals surface area contributed by atoms with Crippen molar-refractivity contribution in [3.8, 4) is 22.9 Å². The first kappa shape index (κ1) is 18.2. The first-order valence-corrected chi connectivity index (χ1v) is 8.56. The lowest BCUT2D eigenvalue weighted by Crippen LogP contribution is -2.24. The molecule has 7 heteroatoms. The Morgan fingerprint density at radius 3 is 2.62 bits per heavy atom. The van der Waals surface area contributed by atoms with Crippen LogP contribution in [-0.2, 0) is 6.54 Å². The summed E-state index contributed by atoms with van der Waals surface area (Å²) in [5.74, 6) is 2.58. The monoisotopic (exact) mass is 373 g/mol. The Morgan fingerprint density at radius 2 is 1.88 bits per heavy atom. The summed E-state index contributed by atoms with van der Waals surface area (Å²) in [7, 11) is 3.60. The number of para-hydroxylation sites is 1. The first-order valence-electron chi connectivity index (χ1n) is 8.18. The van der Waals surface area contributed by atoms with E-state index in [-0.39, 0.29) is 0 Å². The fourth-order valence-electron chi connectivity index (χ4n) is 2.36. The maximum absolute atomic E-state index is 6.07. The van der Waals surface area contributed by atoms with Crippen LogP contribution in [0.2, 0.25) is 5.02 Å². The van der Waals surface area contributed by atoms with Crippen molar-refractivity contribution in [3.05, 3.63) is 59.4 Å². The summed E-state index contributed by atoms with van der Waals surface area (Å²) in [5, 5.41) is 4.64. The highest BCUT2D eigenvalue weighted by Crippen LogP contribution is 2.23. The van der Waals surface area contributed by atoms with Gasteiger partial charge in [-0.15, -0.1) is 0 Å². The Morgan fingerprint density at radius 1 is 1.12 bits per heavy atom. The average Bonchev–Trinajstić information content (AvgIpc) is 3.12. The normalized spacial score (nSPS) is 10.9. The molecule has 6 nitrogen and oxygen atoms in total. The molecule has 0 aliphatic heterocycles. The summed E-state index contributed by atoms with van der Waals surface area (Å²) in [6.45, 7) is 1.75. The van der Waals surface area contributed by atoms with Gasteiger partial charge in [-0.1, -0.05) is 28.9 Å². The second-order valence-electron chi connectivity index (χ2n) is 5.76. The number of ether oxygens (including phenoxy) is 2. The predicted octanol–water partition coefficient (Wildman–Crippen LogP) is 3.91. The molecule has 1 aromatic heterocycles. The summed E-state index contributed by atoms with van der Waals surface area (Å²) < 4.78 is 16.2. The van der Waals surface area contributed by atoms with Gasteiger partial charge < -0.3 is 14.0 Å². The van der Waals surface area contributed by atoms with Gasteiger partial charge in [0.1, 0.15) is 18.1 Å². The molecule has 0 bridgehead atoms. The quantitative estimate of drug-likeness (QED) is 0.596. The molecule has 0 fully saturated rings. The van der Waals surface area contributed by atoms with Gasteiger partial charge in [0.25, 0.3) is 0 Å². The van der Waals surface area contributed by atoms with Crippen LogP contribution in [0.1, 0.15) is 5.89 Å². The lowest BCUT2D eigenvalue weighted by atomic mass is 10.2. The Hall–Kier alpha value is -2.57. The Labute approximate surface area is 157 Å². The molecule has 0 amide bonds. The van der Waals surface area contributed by atoms with Gasteiger partial charge in [0.05, 0.1) is 18.7 Å². The van der Waals surface area contributed by atoms with Crippen molar-refractivity contribution in [2.45, 2.75) is 6.54 Å². The molecule has 0 N–H and O–H groups in total. The molecule has 136 valence electrons. The third-order valence-electron chi connectivity index (χ3n) is 3.79. The molecule has 26 heavy (non-hydrogen) atoms. The van der Waals surface area contributed by atoms with Gasteiger partial charge in [-0.3, -0.25) is 4.90 Å². The van der Waals surface area contributed by atoms with Crippen LogP contribution in [0.5, 0.6) is 11.5 Å². The number of likely N-dealkylation sites (N-methyl/N-ethyl adjacent to an activating group) is 1. The minimum absolute atomic E-state index is 0.514. The number of aromatic nitrogens is 2. The van der Waals surface area contributed by atoms with Crippen molar-refractivity contribution in [2.75, 3.05) is 27.3 Å². The highest BCUT2D eigenvalue weighted by atomic mass is 35.5. The lowest BCUT2D eigenvalue weighted by Gasteiger charge is -2.15. The molecule has 0 unspecified atom stereocenters. The molecular weight excluding hydrogens is 354 g/mol. The molecule has 0 aliphatic carbocycles. The Bertz CT molecular complexity index is 836. The molecule has 2 aromatic carbocycles. The number of hydrogen-bond acceptors (Lipinski definition) is 6. The van der Waals surface area contributed by atoms with Crippen molar-refractivity contribution in [1.29, 1.82) is 0 Å². The second kappa shape index (κ2) is 8.69. The predicted molar refractivity (Wildman–Crippen MR) is 99.6 cm³/mol. The van der Waals surface area contributed by atoms with Gasteiger partial charge >= 0.3 is 0 Å². The van der Waals surface area contributed by atoms with Crippen LogP contribution >= 0.6 is 11.6 Å². The summed E-state index contributed by atoms with van der Waals surface area (Å²) in [6, 6.07) is 14.9. The average molecular weight is 374 g/mol. The fourth-order valence-corrected chi connectivity index (χ4v) is 2.55. The van der Waals surface area contributed by atoms with E-state index >= 15 is 0 Å². The van der Waals surface area contributed by atoms with E-state index in [0.29, 0.717) is 42.2 Å². The van der Waals surface area contributed by atoms with Crippen LogP contribution in [0.25, 0.3) is 11.4 Å². The maximum Gasteiger partial charge on any atom is 0.241 e. The number of methoxy groups -OCH3 is 1. The standard InChI is InChI=1S/C19H20ClN3O3/c1-23(11-12-25-17-6-4-3-5-16(17)20)13-18-21-19(22-26-18)14-7-9-15(24-2)10-8-14/h3-10H,11-13H2,1-2H3. The van der Waals surface area contributed by atoms with Crippen LogP contribution in [0.4, 0.5) is 0 Å². The molecule has 0 aliphatic rings. The smallest absolute Gasteiger partial charge is 0.241 e. The van der Waals surface area contributed by atoms with Crippen molar-refractivity contribution in [2.24, 2.45) is 0 Å². The van der Waals surface area contributed by atoms with Crippen molar-refractivity contribution >= 4 is 11.6 Å². The maximum atomic E-state index is 6.07. The van der Waals surface area contributed by atoms with Gasteiger partial charge in [0.15, 0.2) is 0 Å².